The molecule has 6 aliphatic rings. The summed E-state index contributed by atoms with van der Waals surface area (Å²) in [6.45, 7) is -3.63. The van der Waals surface area contributed by atoms with Crippen molar-refractivity contribution in [2.24, 2.45) is 0 Å². The van der Waals surface area contributed by atoms with Crippen LogP contribution in [0, 0.1) is 0 Å². The van der Waals surface area contributed by atoms with Crippen LogP contribution >= 0.6 is 21.6 Å². The van der Waals surface area contributed by atoms with Gasteiger partial charge in [-0.1, -0.05) is 176 Å². The van der Waals surface area contributed by atoms with E-state index >= 15 is 0 Å². The minimum atomic E-state index is -1.91. The maximum atomic E-state index is 11.0. The van der Waals surface area contributed by atoms with Crippen molar-refractivity contribution in [2.45, 2.75) is 364 Å². The zero-order valence-corrected chi connectivity index (χ0v) is 60.2. The van der Waals surface area contributed by atoms with Crippen LogP contribution in [0.3, 0.4) is 0 Å². The molecule has 101 heavy (non-hydrogen) atoms. The second-order valence-electron chi connectivity index (χ2n) is 27.8. The quantitative estimate of drug-likeness (QED) is 0.0263. The van der Waals surface area contributed by atoms with Crippen molar-refractivity contribution >= 4 is 21.6 Å². The van der Waals surface area contributed by atoms with Crippen molar-refractivity contribution in [2.75, 3.05) is 64.4 Å². The Morgan fingerprint density at radius 1 is 0.238 bits per heavy atom. The molecule has 0 radical (unpaired) electrons. The van der Waals surface area contributed by atoms with Crippen LogP contribution < -0.4 is 0 Å². The normalized spacial score (nSPS) is 38.7. The van der Waals surface area contributed by atoms with Crippen LogP contribution in [0.15, 0.2) is 0 Å². The van der Waals surface area contributed by atoms with Gasteiger partial charge in [0.25, 0.3) is 0 Å². The summed E-state index contributed by atoms with van der Waals surface area (Å²) in [5, 5.41) is 197. The maximum Gasteiger partial charge on any atom is 0.187 e. The number of aliphatic hydroxyl groups is 19. The predicted octanol–water partition coefficient (Wildman–Crippen LogP) is -0.750. The fraction of sp³-hybridized carbons (Fsp3) is 1.00. The number of aliphatic hydroxyl groups excluding tert-OH is 19. The van der Waals surface area contributed by atoms with Gasteiger partial charge in [0, 0.05) is 31.1 Å². The number of ether oxygens (including phenoxy) is 12. The Morgan fingerprint density at radius 3 is 0.812 bits per heavy atom. The van der Waals surface area contributed by atoms with Gasteiger partial charge in [-0.05, 0) is 25.7 Å². The lowest BCUT2D eigenvalue weighted by Crippen LogP contribution is -2.66. The largest absolute Gasteiger partial charge is 0.394 e. The zero-order chi connectivity index (χ0) is 73.2. The van der Waals surface area contributed by atoms with Crippen molar-refractivity contribution in [3.05, 3.63) is 0 Å². The van der Waals surface area contributed by atoms with Crippen LogP contribution in [0.25, 0.3) is 0 Å². The SMILES string of the molecule is OCC1O[C@H](O[C@H]2C(CO)O[C@@H](O[C@@H]3C(CO)O[C@@H](OCCCCCCCCCCCCCCCCSSCCCCCCCCCCCCCCCCO[C@@H]4OC(CO)[C@@H](O[C@@H]5OC(CO)[C@H](O[C@H]6OC(CO)[C@H](O)C(O)C6O)C(O)C5O)CC4O)C(O)C3O)C(O)C2O)C(O)C(O)[C@H]1O. The third-order valence-electron chi connectivity index (χ3n) is 19.9. The smallest absolute Gasteiger partial charge is 0.187 e. The topological polar surface area (TPSA) is 495 Å². The molecule has 17 unspecified atom stereocenters. The summed E-state index contributed by atoms with van der Waals surface area (Å²) in [6, 6.07) is 0. The van der Waals surface area contributed by atoms with Gasteiger partial charge in [0.05, 0.1) is 45.7 Å². The number of unbranched alkanes of at least 4 members (excludes halogenated alkanes) is 26. The van der Waals surface area contributed by atoms with Gasteiger partial charge < -0.3 is 154 Å². The molecule has 0 aromatic carbocycles. The summed E-state index contributed by atoms with van der Waals surface area (Å²) in [5.74, 6) is 2.46. The predicted molar refractivity (Wildman–Crippen MR) is 363 cm³/mol. The molecule has 596 valence electrons. The van der Waals surface area contributed by atoms with E-state index in [1.165, 1.54) is 140 Å². The van der Waals surface area contributed by atoms with Crippen LogP contribution in [-0.4, -0.2) is 340 Å². The number of hydrogen-bond donors (Lipinski definition) is 19. The molecule has 6 saturated heterocycles. The first-order chi connectivity index (χ1) is 48.8. The van der Waals surface area contributed by atoms with Crippen molar-refractivity contribution in [3.8, 4) is 0 Å². The molecule has 0 spiro atoms. The average Bonchev–Trinajstić information content (AvgIpc) is 0.788. The van der Waals surface area contributed by atoms with Gasteiger partial charge in [0.2, 0.25) is 0 Å². The lowest BCUT2D eigenvalue weighted by Gasteiger charge is -2.48. The van der Waals surface area contributed by atoms with Crippen molar-refractivity contribution < 1.29 is 154 Å². The maximum absolute atomic E-state index is 11.0. The molecule has 6 rings (SSSR count). The van der Waals surface area contributed by atoms with Crippen LogP contribution in [0.2, 0.25) is 0 Å². The van der Waals surface area contributed by atoms with Crippen molar-refractivity contribution in [1.82, 2.24) is 0 Å². The van der Waals surface area contributed by atoms with E-state index in [0.717, 1.165) is 44.9 Å². The molecular weight excluding hydrogens is 1380 g/mol. The van der Waals surface area contributed by atoms with E-state index in [4.69, 9.17) is 56.8 Å². The van der Waals surface area contributed by atoms with Gasteiger partial charge in [-0.25, -0.2) is 0 Å². The molecule has 19 N–H and O–H groups in total. The van der Waals surface area contributed by atoms with Gasteiger partial charge >= 0.3 is 0 Å². The van der Waals surface area contributed by atoms with E-state index in [2.05, 4.69) is 0 Å². The minimum Gasteiger partial charge on any atom is -0.394 e. The molecule has 0 bridgehead atoms. The van der Waals surface area contributed by atoms with E-state index in [-0.39, 0.29) is 13.0 Å². The van der Waals surface area contributed by atoms with Crippen LogP contribution in [0.4, 0.5) is 0 Å². The minimum absolute atomic E-state index is 0.0604. The van der Waals surface area contributed by atoms with E-state index in [1.54, 1.807) is 0 Å². The summed E-state index contributed by atoms with van der Waals surface area (Å²) in [5.41, 5.74) is 0. The van der Waals surface area contributed by atoms with E-state index < -0.39 is 218 Å². The highest BCUT2D eigenvalue weighted by molar-refractivity contribution is 8.76. The standard InChI is InChI=1S/C68H126O31S2/c69-34-42-41(90-65-58(86)53(81)61(46(38-73)95-65)97-66-55(83)50(78)48(76)43(35-70)92-66)33-40(75)63(91-42)88-29-25-21-17-13-9-5-1-3-7-11-15-19-23-27-31-100-101-32-28-24-20-16-12-8-4-2-6-10-14-18-22-26-30-89-64-57(85)52(80)60(45(37-72)94-64)99-68-59(87)54(82)62(47(39-74)96-68)98-67-56(84)51(79)49(77)44(36-71)93-67/h40-87H,1-39H2/t40?,41-,42?,43?,44?,45?,46?,47?,48-,49-,50?,51?,52?,53?,54?,55?,56?,57?,58?,59?,60+,61-,62-,63+,64+,65+,66+,67+,68-/m0/s1. The first kappa shape index (κ1) is 89.4. The van der Waals surface area contributed by atoms with Gasteiger partial charge in [-0.15, -0.1) is 0 Å². The van der Waals surface area contributed by atoms with E-state index in [0.29, 0.717) is 13.0 Å². The Kier molecular flexibility index (Phi) is 43.9. The Hall–Kier alpha value is -0.540. The zero-order valence-electron chi connectivity index (χ0n) is 58.5. The molecule has 0 saturated carbocycles. The van der Waals surface area contributed by atoms with Crippen LogP contribution in [0.1, 0.15) is 186 Å². The third-order valence-corrected chi connectivity index (χ3v) is 22.5. The number of rotatable bonds is 51. The summed E-state index contributed by atoms with van der Waals surface area (Å²) in [6.07, 6.45) is -11.4. The molecule has 0 amide bonds. The Labute approximate surface area is 601 Å². The average molecular weight is 1500 g/mol. The lowest BCUT2D eigenvalue weighted by atomic mass is 9.96. The van der Waals surface area contributed by atoms with E-state index in [9.17, 15) is 97.0 Å². The Morgan fingerprint density at radius 2 is 0.485 bits per heavy atom. The summed E-state index contributed by atoms with van der Waals surface area (Å²) >= 11 is 0. The molecule has 29 atom stereocenters. The Balaban J connectivity index is 0.646. The molecule has 0 aromatic heterocycles. The second kappa shape index (κ2) is 49.6. The van der Waals surface area contributed by atoms with Crippen LogP contribution in [-0.2, 0) is 56.8 Å². The molecule has 0 aromatic rings. The third kappa shape index (κ3) is 28.4. The second-order valence-corrected chi connectivity index (χ2v) is 30.5. The highest BCUT2D eigenvalue weighted by Gasteiger charge is 2.55. The van der Waals surface area contributed by atoms with Crippen molar-refractivity contribution in [3.63, 3.8) is 0 Å². The summed E-state index contributed by atoms with van der Waals surface area (Å²) in [7, 11) is 4.05. The Bertz CT molecular complexity index is 2090. The van der Waals surface area contributed by atoms with Gasteiger partial charge in [-0.3, -0.25) is 0 Å². The van der Waals surface area contributed by atoms with Crippen LogP contribution in [0.5, 0.6) is 0 Å². The highest BCUT2D eigenvalue weighted by atomic mass is 33.1. The molecule has 31 nitrogen and oxygen atoms in total. The van der Waals surface area contributed by atoms with Gasteiger partial charge in [0.1, 0.15) is 134 Å². The molecule has 6 aliphatic heterocycles. The fourth-order valence-corrected chi connectivity index (χ4v) is 15.9. The van der Waals surface area contributed by atoms with Gasteiger partial charge in [-0.2, -0.15) is 0 Å². The van der Waals surface area contributed by atoms with E-state index in [1.807, 2.05) is 21.6 Å². The molecule has 6 fully saturated rings. The highest BCUT2D eigenvalue weighted by Crippen LogP contribution is 2.36. The molecule has 6 heterocycles. The lowest BCUT2D eigenvalue weighted by molar-refractivity contribution is -0.379. The fourth-order valence-electron chi connectivity index (χ4n) is 13.6. The summed E-state index contributed by atoms with van der Waals surface area (Å²) < 4.78 is 68.0. The van der Waals surface area contributed by atoms with Gasteiger partial charge in [0.15, 0.2) is 37.7 Å². The first-order valence-corrected chi connectivity index (χ1v) is 39.8. The number of hydrogen-bond acceptors (Lipinski definition) is 33. The monoisotopic (exact) mass is 1500 g/mol. The molecule has 33 heteroatoms. The molecule has 0 aliphatic carbocycles. The molecular formula is C68H126O31S2. The first-order valence-electron chi connectivity index (χ1n) is 37.4. The summed E-state index contributed by atoms with van der Waals surface area (Å²) in [4.78, 5) is 0. The van der Waals surface area contributed by atoms with Crippen molar-refractivity contribution in [1.29, 1.82) is 0 Å².